The van der Waals surface area contributed by atoms with Crippen LogP contribution in [0.4, 0.5) is 0 Å². The minimum atomic E-state index is -1.31. The quantitative estimate of drug-likeness (QED) is 0.0202. The molecule has 1 heterocycles. The molecule has 396 valence electrons. The molecule has 1 rings (SSSR count). The molecular formula is C45H80N14O11. The highest BCUT2D eigenvalue weighted by atomic mass is 16.4. The van der Waals surface area contributed by atoms with Gasteiger partial charge in [0.1, 0.15) is 54.4 Å². The number of aromatic amines is 1. The molecule has 10 atom stereocenters. The van der Waals surface area contributed by atoms with Crippen molar-refractivity contribution in [3.05, 3.63) is 18.2 Å². The van der Waals surface area contributed by atoms with Gasteiger partial charge >= 0.3 is 5.97 Å². The van der Waals surface area contributed by atoms with Crippen LogP contribution in [-0.4, -0.2) is 147 Å². The molecule has 25 nitrogen and oxygen atoms in total. The predicted molar refractivity (Wildman–Crippen MR) is 260 cm³/mol. The van der Waals surface area contributed by atoms with Crippen LogP contribution in [0.3, 0.4) is 0 Å². The van der Waals surface area contributed by atoms with Crippen LogP contribution in [-0.2, 0) is 49.6 Å². The van der Waals surface area contributed by atoms with E-state index in [1.807, 2.05) is 41.5 Å². The second-order valence-corrected chi connectivity index (χ2v) is 18.9. The summed E-state index contributed by atoms with van der Waals surface area (Å²) in [6, 6.07) is -11.0. The van der Waals surface area contributed by atoms with Crippen LogP contribution in [0.5, 0.6) is 0 Å². The fourth-order valence-corrected chi connectivity index (χ4v) is 6.90. The van der Waals surface area contributed by atoms with Crippen molar-refractivity contribution in [1.29, 1.82) is 0 Å². The normalized spacial score (nSPS) is 15.6. The average molecular weight is 993 g/mol. The van der Waals surface area contributed by atoms with Crippen molar-refractivity contribution >= 4 is 59.2 Å². The fourth-order valence-electron chi connectivity index (χ4n) is 6.90. The number of aliphatic hydroxyl groups excluding tert-OH is 1. The molecule has 70 heavy (non-hydrogen) atoms. The van der Waals surface area contributed by atoms with Crippen molar-refractivity contribution in [3.63, 3.8) is 0 Å². The Kier molecular flexibility index (Phi) is 27.3. The molecule has 1 aromatic rings. The number of carbonyl (C=O) groups is 9. The maximum Gasteiger partial charge on any atom is 0.326 e. The second-order valence-electron chi connectivity index (χ2n) is 18.9. The van der Waals surface area contributed by atoms with Gasteiger partial charge in [-0.05, 0) is 69.6 Å². The number of imidazole rings is 1. The predicted octanol–water partition coefficient (Wildman–Crippen LogP) is -2.49. The van der Waals surface area contributed by atoms with Gasteiger partial charge in [0.05, 0.1) is 12.9 Å². The lowest BCUT2D eigenvalue weighted by Crippen LogP contribution is -2.61. The summed E-state index contributed by atoms with van der Waals surface area (Å²) in [6.45, 7) is 16.7. The zero-order valence-electron chi connectivity index (χ0n) is 42.2. The Balaban J connectivity index is 3.37. The number of rotatable bonds is 32. The highest BCUT2D eigenvalue weighted by molar-refractivity contribution is 5.98. The Morgan fingerprint density at radius 3 is 1.47 bits per heavy atom. The standard InChI is InChI=1S/C45H80N14O11/c1-11-25(8)35(43(68)58-32(16-23(4)5)40(65)56-31(15-22(2)3)39(64)54-30(44(69)70)13-12-14-50-45(47)48)59-42(67)33(17-24(6)7)57-41(66)34(18-28-19-49-21-51-28)55-37(62)27(10)52-36(61)26(9)53-38(63)29(46)20-60/h19,21-27,29-35,60H,11-18,20,46H2,1-10H3,(H,49,51)(H,52,61)(H,53,63)(H,54,64)(H,55,62)(H,56,65)(H,57,66)(H,58,68)(H,59,67)(H,69,70)(H4,47,48,50)/t25-,26-,27-,29-,30-,31-,32-,33-,34-,35-/m0/s1. The van der Waals surface area contributed by atoms with Crippen LogP contribution in [0.25, 0.3) is 0 Å². The monoisotopic (exact) mass is 993 g/mol. The maximum atomic E-state index is 14.2. The van der Waals surface area contributed by atoms with E-state index in [4.69, 9.17) is 22.3 Å². The Labute approximate surface area is 410 Å². The highest BCUT2D eigenvalue weighted by Crippen LogP contribution is 2.15. The van der Waals surface area contributed by atoms with Crippen molar-refractivity contribution in [2.45, 2.75) is 169 Å². The van der Waals surface area contributed by atoms with Crippen molar-refractivity contribution in [3.8, 4) is 0 Å². The first kappa shape index (κ1) is 61.6. The molecule has 0 radical (unpaired) electrons. The van der Waals surface area contributed by atoms with Crippen LogP contribution < -0.4 is 59.7 Å². The molecule has 0 aliphatic carbocycles. The summed E-state index contributed by atoms with van der Waals surface area (Å²) in [5.41, 5.74) is 16.7. The number of nitrogens with one attached hydrogen (secondary N) is 9. The summed E-state index contributed by atoms with van der Waals surface area (Å²) in [5, 5.41) is 39.8. The highest BCUT2D eigenvalue weighted by Gasteiger charge is 2.36. The lowest BCUT2D eigenvalue weighted by atomic mass is 9.95. The molecular weight excluding hydrogens is 913 g/mol. The van der Waals surface area contributed by atoms with Crippen molar-refractivity contribution < 1.29 is 53.4 Å². The Morgan fingerprint density at radius 1 is 0.614 bits per heavy atom. The molecule has 0 fully saturated rings. The number of H-pyrrole nitrogens is 1. The first-order valence-electron chi connectivity index (χ1n) is 23.8. The molecule has 25 heteroatoms. The third-order valence-corrected chi connectivity index (χ3v) is 11.0. The van der Waals surface area contributed by atoms with Gasteiger partial charge < -0.3 is 74.9 Å². The topological polar surface area (TPSA) is 409 Å². The number of carbonyl (C=O) groups excluding carboxylic acids is 8. The molecule has 8 amide bonds. The molecule has 0 saturated carbocycles. The Bertz CT molecular complexity index is 1910. The van der Waals surface area contributed by atoms with Gasteiger partial charge in [-0.3, -0.25) is 43.3 Å². The zero-order chi connectivity index (χ0) is 53.4. The Morgan fingerprint density at radius 2 is 1.04 bits per heavy atom. The first-order valence-corrected chi connectivity index (χ1v) is 23.8. The Hall–Kier alpha value is -6.37. The minimum Gasteiger partial charge on any atom is -0.480 e. The number of carboxylic acid groups (broad SMARTS) is 1. The van der Waals surface area contributed by atoms with Gasteiger partial charge in [-0.15, -0.1) is 0 Å². The summed E-state index contributed by atoms with van der Waals surface area (Å²) < 4.78 is 0. The van der Waals surface area contributed by atoms with Gasteiger partial charge in [0, 0.05) is 24.9 Å². The van der Waals surface area contributed by atoms with Crippen LogP contribution in [0.15, 0.2) is 17.5 Å². The number of aliphatic hydroxyl groups is 1. The van der Waals surface area contributed by atoms with Gasteiger partial charge in [0.15, 0.2) is 5.96 Å². The largest absolute Gasteiger partial charge is 0.480 e. The third kappa shape index (κ3) is 22.8. The van der Waals surface area contributed by atoms with Crippen LogP contribution in [0, 0.1) is 23.7 Å². The van der Waals surface area contributed by atoms with Crippen molar-refractivity contribution in [2.24, 2.45) is 45.9 Å². The van der Waals surface area contributed by atoms with E-state index >= 15 is 0 Å². The van der Waals surface area contributed by atoms with E-state index in [0.29, 0.717) is 12.1 Å². The number of aliphatic imine (C=N–C) groups is 1. The lowest BCUT2D eigenvalue weighted by Gasteiger charge is -2.30. The van der Waals surface area contributed by atoms with Crippen molar-refractivity contribution in [2.75, 3.05) is 13.2 Å². The molecule has 0 unspecified atom stereocenters. The molecule has 0 spiro atoms. The molecule has 0 bridgehead atoms. The number of amides is 8. The van der Waals surface area contributed by atoms with Crippen LogP contribution >= 0.6 is 0 Å². The molecule has 17 N–H and O–H groups in total. The maximum absolute atomic E-state index is 14.2. The summed E-state index contributed by atoms with van der Waals surface area (Å²) in [7, 11) is 0. The van der Waals surface area contributed by atoms with Gasteiger partial charge in [-0.2, -0.15) is 0 Å². The van der Waals surface area contributed by atoms with Gasteiger partial charge in [0.2, 0.25) is 47.3 Å². The lowest BCUT2D eigenvalue weighted by molar-refractivity contribution is -0.142. The van der Waals surface area contributed by atoms with E-state index in [1.165, 1.54) is 26.4 Å². The smallest absolute Gasteiger partial charge is 0.326 e. The number of guanidine groups is 1. The SMILES string of the molecule is CC[C@H](C)[C@H](NC(=O)[C@H](CC(C)C)NC(=O)[C@H](Cc1cnc[nH]1)NC(=O)[C@H](C)NC(=O)[C@H](C)NC(=O)[C@@H](N)CO)C(=O)N[C@@H](CC(C)C)C(=O)N[C@@H](CC(C)C)C(=O)N[C@@H](CCCN=C(N)N)C(=O)O. The van der Waals surface area contributed by atoms with Crippen LogP contribution in [0.2, 0.25) is 0 Å². The summed E-state index contributed by atoms with van der Waals surface area (Å²) in [6.07, 6.45) is 3.73. The van der Waals surface area contributed by atoms with E-state index in [0.717, 1.165) is 0 Å². The third-order valence-electron chi connectivity index (χ3n) is 11.0. The number of aromatic nitrogens is 2. The molecule has 0 aromatic carbocycles. The van der Waals surface area contributed by atoms with E-state index < -0.39 is 120 Å². The summed E-state index contributed by atoms with van der Waals surface area (Å²) in [5.74, 6) is -8.34. The number of nitrogens with zero attached hydrogens (tertiary/aromatic N) is 2. The fraction of sp³-hybridized carbons (Fsp3) is 0.711. The van der Waals surface area contributed by atoms with E-state index in [9.17, 15) is 48.3 Å². The number of hydrogen-bond acceptors (Lipinski definition) is 13. The summed E-state index contributed by atoms with van der Waals surface area (Å²) in [4.78, 5) is 131. The molecule has 0 aliphatic rings. The average Bonchev–Trinajstić information content (AvgIpc) is 3.79. The first-order chi connectivity index (χ1) is 32.7. The second kappa shape index (κ2) is 31.0. The van der Waals surface area contributed by atoms with Gasteiger partial charge in [0.25, 0.3) is 0 Å². The van der Waals surface area contributed by atoms with E-state index in [2.05, 4.69) is 57.5 Å². The number of aliphatic carboxylic acids is 1. The van der Waals surface area contributed by atoms with E-state index in [-0.39, 0.29) is 68.8 Å². The van der Waals surface area contributed by atoms with Crippen molar-refractivity contribution in [1.82, 2.24) is 52.5 Å². The molecule has 0 aliphatic heterocycles. The number of hydrogen-bond donors (Lipinski definition) is 14. The summed E-state index contributed by atoms with van der Waals surface area (Å²) >= 11 is 0. The van der Waals surface area contributed by atoms with Crippen LogP contribution in [0.1, 0.15) is 113 Å². The molecule has 0 saturated heterocycles. The molecule has 1 aromatic heterocycles. The minimum absolute atomic E-state index is 0.00732. The zero-order valence-corrected chi connectivity index (χ0v) is 42.2. The number of carboxylic acids is 1. The van der Waals surface area contributed by atoms with E-state index in [1.54, 1.807) is 13.8 Å². The van der Waals surface area contributed by atoms with Gasteiger partial charge in [-0.1, -0.05) is 61.8 Å². The number of nitrogens with two attached hydrogens (primary N) is 3. The van der Waals surface area contributed by atoms with Gasteiger partial charge in [-0.25, -0.2) is 9.78 Å².